The second-order valence-corrected chi connectivity index (χ2v) is 5.33. The van der Waals surface area contributed by atoms with Gasteiger partial charge in [-0.1, -0.05) is 47.1 Å². The summed E-state index contributed by atoms with van der Waals surface area (Å²) >= 11 is 13.5. The maximum atomic E-state index is 10.6. The van der Waals surface area contributed by atoms with E-state index in [2.05, 4.69) is 0 Å². The summed E-state index contributed by atoms with van der Waals surface area (Å²) in [6.07, 6.45) is 0.777. The normalized spacial score (nSPS) is 10.2. The molecule has 1 nitrogen and oxygen atoms in total. The molecule has 4 heteroatoms. The summed E-state index contributed by atoms with van der Waals surface area (Å²) in [7, 11) is 0. The third-order valence-electron chi connectivity index (χ3n) is 2.12. The Kier molecular flexibility index (Phi) is 4.11. The van der Waals surface area contributed by atoms with E-state index in [1.807, 2.05) is 30.3 Å². The number of carbonyl (C=O) groups is 1. The summed E-state index contributed by atoms with van der Waals surface area (Å²) in [6.45, 7) is 0. The van der Waals surface area contributed by atoms with Crippen LogP contribution in [0.25, 0.3) is 0 Å². The first kappa shape index (κ1) is 12.5. The Labute approximate surface area is 114 Å². The van der Waals surface area contributed by atoms with Crippen molar-refractivity contribution in [1.82, 2.24) is 0 Å². The van der Waals surface area contributed by atoms with Crippen LogP contribution < -0.4 is 0 Å². The van der Waals surface area contributed by atoms with Gasteiger partial charge in [0.2, 0.25) is 0 Å². The molecule has 0 aliphatic carbocycles. The number of carbonyl (C=O) groups excluding carboxylic acids is 1. The average Bonchev–Trinajstić information content (AvgIpc) is 2.32. The lowest BCUT2D eigenvalue weighted by atomic mass is 10.2. The number of halogens is 2. The van der Waals surface area contributed by atoms with Gasteiger partial charge in [0.1, 0.15) is 6.29 Å². The summed E-state index contributed by atoms with van der Waals surface area (Å²) in [5.74, 6) is 0. The molecule has 0 saturated heterocycles. The minimum absolute atomic E-state index is 0.569. The van der Waals surface area contributed by atoms with Crippen molar-refractivity contribution in [2.24, 2.45) is 0 Å². The lowest BCUT2D eigenvalue weighted by Gasteiger charge is -2.05. The van der Waals surface area contributed by atoms with Crippen molar-refractivity contribution in [3.05, 3.63) is 58.1 Å². The van der Waals surface area contributed by atoms with Gasteiger partial charge in [-0.25, -0.2) is 0 Å². The molecule has 0 aliphatic rings. The fourth-order valence-corrected chi connectivity index (χ4v) is 2.77. The van der Waals surface area contributed by atoms with Gasteiger partial charge in [0.05, 0.1) is 5.02 Å². The van der Waals surface area contributed by atoms with Gasteiger partial charge in [0.15, 0.2) is 0 Å². The third-order valence-corrected chi connectivity index (χ3v) is 3.84. The number of hydrogen-bond donors (Lipinski definition) is 0. The summed E-state index contributed by atoms with van der Waals surface area (Å²) in [5.41, 5.74) is 0.574. The van der Waals surface area contributed by atoms with Crippen LogP contribution in [0.3, 0.4) is 0 Å². The van der Waals surface area contributed by atoms with Crippen LogP contribution in [-0.4, -0.2) is 6.29 Å². The van der Waals surface area contributed by atoms with Gasteiger partial charge < -0.3 is 0 Å². The molecule has 2 aromatic rings. The predicted octanol–water partition coefficient (Wildman–Crippen LogP) is 4.96. The Hall–Kier alpha value is -0.960. The Morgan fingerprint density at radius 2 is 1.88 bits per heavy atom. The van der Waals surface area contributed by atoms with Gasteiger partial charge in [-0.05, 0) is 30.3 Å². The lowest BCUT2D eigenvalue weighted by molar-refractivity contribution is 0.112. The minimum atomic E-state index is 0.569. The highest BCUT2D eigenvalue weighted by Crippen LogP contribution is 2.34. The summed E-state index contributed by atoms with van der Waals surface area (Å²) in [5, 5.41) is 1.26. The van der Waals surface area contributed by atoms with Crippen LogP contribution in [0.1, 0.15) is 10.4 Å². The Balaban J connectivity index is 2.27. The summed E-state index contributed by atoms with van der Waals surface area (Å²) in [6, 6.07) is 12.8. The standard InChI is InChI=1S/C13H8Cl2OS/c14-10-2-1-3-11(7-10)17-13-5-4-9(8-16)6-12(13)15/h1-8H. The van der Waals surface area contributed by atoms with Crippen molar-refractivity contribution in [1.29, 1.82) is 0 Å². The molecule has 0 N–H and O–H groups in total. The zero-order valence-corrected chi connectivity index (χ0v) is 11.0. The molecule has 0 spiro atoms. The lowest BCUT2D eigenvalue weighted by Crippen LogP contribution is -1.81. The van der Waals surface area contributed by atoms with Crippen LogP contribution >= 0.6 is 35.0 Å². The first-order valence-electron chi connectivity index (χ1n) is 4.87. The molecule has 0 atom stereocenters. The molecule has 2 rings (SSSR count). The van der Waals surface area contributed by atoms with Gasteiger partial charge in [-0.3, -0.25) is 4.79 Å². The molecular formula is C13H8Cl2OS. The number of rotatable bonds is 3. The molecule has 0 amide bonds. The SMILES string of the molecule is O=Cc1ccc(Sc2cccc(Cl)c2)c(Cl)c1. The molecule has 0 aromatic heterocycles. The monoisotopic (exact) mass is 282 g/mol. The van der Waals surface area contributed by atoms with Crippen molar-refractivity contribution in [2.75, 3.05) is 0 Å². The van der Waals surface area contributed by atoms with Crippen LogP contribution in [0.4, 0.5) is 0 Å². The highest BCUT2D eigenvalue weighted by atomic mass is 35.5. The zero-order chi connectivity index (χ0) is 12.3. The second kappa shape index (κ2) is 5.58. The van der Waals surface area contributed by atoms with E-state index in [1.54, 1.807) is 12.1 Å². The Bertz CT molecular complexity index is 555. The van der Waals surface area contributed by atoms with Gasteiger partial charge >= 0.3 is 0 Å². The molecule has 0 radical (unpaired) electrons. The van der Waals surface area contributed by atoms with Gasteiger partial charge in [-0.2, -0.15) is 0 Å². The Morgan fingerprint density at radius 3 is 2.53 bits per heavy atom. The van der Waals surface area contributed by atoms with E-state index in [9.17, 15) is 4.79 Å². The molecule has 2 aromatic carbocycles. The van der Waals surface area contributed by atoms with Crippen LogP contribution in [0, 0.1) is 0 Å². The highest BCUT2D eigenvalue weighted by Gasteiger charge is 2.04. The van der Waals surface area contributed by atoms with Crippen molar-refractivity contribution in [2.45, 2.75) is 9.79 Å². The number of aldehydes is 1. The van der Waals surface area contributed by atoms with Crippen molar-refractivity contribution in [3.63, 3.8) is 0 Å². The quantitative estimate of drug-likeness (QED) is 0.741. The van der Waals surface area contributed by atoms with E-state index >= 15 is 0 Å². The van der Waals surface area contributed by atoms with E-state index in [1.165, 1.54) is 11.8 Å². The number of benzene rings is 2. The fourth-order valence-electron chi connectivity index (χ4n) is 1.33. The predicted molar refractivity (Wildman–Crippen MR) is 72.4 cm³/mol. The molecular weight excluding hydrogens is 275 g/mol. The maximum absolute atomic E-state index is 10.6. The van der Waals surface area contributed by atoms with Gasteiger partial charge in [-0.15, -0.1) is 0 Å². The largest absolute Gasteiger partial charge is 0.298 e. The minimum Gasteiger partial charge on any atom is -0.298 e. The zero-order valence-electron chi connectivity index (χ0n) is 8.69. The van der Waals surface area contributed by atoms with E-state index < -0.39 is 0 Å². The molecule has 0 heterocycles. The molecule has 0 unspecified atom stereocenters. The fraction of sp³-hybridized carbons (Fsp3) is 0. The average molecular weight is 283 g/mol. The highest BCUT2D eigenvalue weighted by molar-refractivity contribution is 7.99. The van der Waals surface area contributed by atoms with Crippen molar-refractivity contribution < 1.29 is 4.79 Å². The van der Waals surface area contributed by atoms with Crippen molar-refractivity contribution >= 4 is 41.2 Å². The molecule has 0 bridgehead atoms. The topological polar surface area (TPSA) is 17.1 Å². The van der Waals surface area contributed by atoms with E-state index in [0.29, 0.717) is 15.6 Å². The second-order valence-electron chi connectivity index (χ2n) is 3.37. The molecule has 0 aliphatic heterocycles. The summed E-state index contributed by atoms with van der Waals surface area (Å²) < 4.78 is 0. The Morgan fingerprint density at radius 1 is 1.06 bits per heavy atom. The first-order chi connectivity index (χ1) is 8.19. The first-order valence-corrected chi connectivity index (χ1v) is 6.44. The van der Waals surface area contributed by atoms with Crippen LogP contribution in [0.5, 0.6) is 0 Å². The van der Waals surface area contributed by atoms with Crippen molar-refractivity contribution in [3.8, 4) is 0 Å². The van der Waals surface area contributed by atoms with Crippen LogP contribution in [0.2, 0.25) is 10.0 Å². The molecule has 17 heavy (non-hydrogen) atoms. The van der Waals surface area contributed by atoms with Gasteiger partial charge in [0.25, 0.3) is 0 Å². The van der Waals surface area contributed by atoms with Crippen LogP contribution in [0.15, 0.2) is 52.3 Å². The third kappa shape index (κ3) is 3.25. The van der Waals surface area contributed by atoms with E-state index in [0.717, 1.165) is 16.1 Å². The maximum Gasteiger partial charge on any atom is 0.150 e. The molecule has 0 saturated carbocycles. The summed E-state index contributed by atoms with van der Waals surface area (Å²) in [4.78, 5) is 12.5. The smallest absolute Gasteiger partial charge is 0.150 e. The van der Waals surface area contributed by atoms with E-state index in [-0.39, 0.29) is 0 Å². The molecule has 0 fully saturated rings. The van der Waals surface area contributed by atoms with E-state index in [4.69, 9.17) is 23.2 Å². The molecule has 86 valence electrons. The van der Waals surface area contributed by atoms with Crippen LogP contribution in [-0.2, 0) is 0 Å². The van der Waals surface area contributed by atoms with Gasteiger partial charge in [0, 0.05) is 20.4 Å². The number of hydrogen-bond acceptors (Lipinski definition) is 2.